The fourth-order valence-corrected chi connectivity index (χ4v) is 2.38. The van der Waals surface area contributed by atoms with Gasteiger partial charge in [-0.15, -0.1) is 0 Å². The molecule has 4 N–H and O–H groups in total. The zero-order valence-electron chi connectivity index (χ0n) is 13.0. The first-order chi connectivity index (χ1) is 9.04. The lowest BCUT2D eigenvalue weighted by Crippen LogP contribution is -2.56. The van der Waals surface area contributed by atoms with Crippen molar-refractivity contribution < 1.29 is 4.79 Å². The van der Waals surface area contributed by atoms with Gasteiger partial charge < -0.3 is 11.5 Å². The summed E-state index contributed by atoms with van der Waals surface area (Å²) in [6.45, 7) is 4.24. The number of hydrogen-bond donors (Lipinski definition) is 2. The third-order valence-electron chi connectivity index (χ3n) is 3.69. The van der Waals surface area contributed by atoms with Gasteiger partial charge in [0.15, 0.2) is 5.78 Å². The molecule has 114 valence electrons. The lowest BCUT2D eigenvalue weighted by Gasteiger charge is -2.22. The second-order valence-electron chi connectivity index (χ2n) is 5.79. The third kappa shape index (κ3) is 10.1. The van der Waals surface area contributed by atoms with Gasteiger partial charge in [-0.2, -0.15) is 0 Å². The van der Waals surface area contributed by atoms with Gasteiger partial charge in [0.05, 0.1) is 0 Å². The van der Waals surface area contributed by atoms with Gasteiger partial charge in [-0.1, -0.05) is 71.6 Å². The highest BCUT2D eigenvalue weighted by molar-refractivity contribution is 5.87. The number of Topliss-reactive ketones (excluding diaryl/α,β-unsaturated/α-hetero) is 1. The summed E-state index contributed by atoms with van der Waals surface area (Å²) in [7, 11) is 0. The molecule has 0 rings (SSSR count). The van der Waals surface area contributed by atoms with Crippen LogP contribution in [-0.4, -0.2) is 11.4 Å². The van der Waals surface area contributed by atoms with Crippen molar-refractivity contribution in [2.24, 2.45) is 11.5 Å². The molecule has 0 saturated carbocycles. The van der Waals surface area contributed by atoms with E-state index in [2.05, 4.69) is 6.92 Å². The van der Waals surface area contributed by atoms with E-state index in [1.807, 2.05) is 6.92 Å². The molecule has 19 heavy (non-hydrogen) atoms. The molecule has 0 aromatic carbocycles. The zero-order chi connectivity index (χ0) is 14.6. The Kier molecular flexibility index (Phi) is 11.2. The van der Waals surface area contributed by atoms with E-state index in [-0.39, 0.29) is 5.78 Å². The average molecular weight is 270 g/mol. The molecule has 3 nitrogen and oxygen atoms in total. The number of ketones is 1. The fourth-order valence-electron chi connectivity index (χ4n) is 2.38. The molecule has 0 aliphatic carbocycles. The van der Waals surface area contributed by atoms with Crippen molar-refractivity contribution in [2.45, 2.75) is 96.6 Å². The summed E-state index contributed by atoms with van der Waals surface area (Å²) >= 11 is 0. The van der Waals surface area contributed by atoms with Crippen LogP contribution in [0.4, 0.5) is 0 Å². The van der Waals surface area contributed by atoms with E-state index in [1.165, 1.54) is 44.9 Å². The fraction of sp³-hybridized carbons (Fsp3) is 0.938. The number of nitrogens with two attached hydrogens (primary N) is 2. The highest BCUT2D eigenvalue weighted by atomic mass is 16.1. The van der Waals surface area contributed by atoms with Gasteiger partial charge in [-0.25, -0.2) is 0 Å². The smallest absolute Gasteiger partial charge is 0.166 e. The van der Waals surface area contributed by atoms with Crippen LogP contribution in [0.3, 0.4) is 0 Å². The van der Waals surface area contributed by atoms with Crippen molar-refractivity contribution in [3.8, 4) is 0 Å². The van der Waals surface area contributed by atoms with E-state index in [0.29, 0.717) is 12.8 Å². The maximum absolute atomic E-state index is 11.8. The van der Waals surface area contributed by atoms with E-state index in [0.717, 1.165) is 19.3 Å². The van der Waals surface area contributed by atoms with Gasteiger partial charge >= 0.3 is 0 Å². The Morgan fingerprint density at radius 1 is 0.789 bits per heavy atom. The number of rotatable bonds is 13. The van der Waals surface area contributed by atoms with Crippen LogP contribution in [0.15, 0.2) is 0 Å². The van der Waals surface area contributed by atoms with Crippen LogP contribution in [0, 0.1) is 0 Å². The minimum atomic E-state index is -1.09. The predicted octanol–water partition coefficient (Wildman–Crippen LogP) is 3.89. The molecule has 0 saturated heterocycles. The van der Waals surface area contributed by atoms with E-state index < -0.39 is 5.66 Å². The van der Waals surface area contributed by atoms with Crippen LogP contribution in [0.2, 0.25) is 0 Å². The molecular formula is C16H34N2O. The van der Waals surface area contributed by atoms with Crippen molar-refractivity contribution in [2.75, 3.05) is 0 Å². The summed E-state index contributed by atoms with van der Waals surface area (Å²) in [5, 5.41) is 0. The average Bonchev–Trinajstić information content (AvgIpc) is 2.36. The van der Waals surface area contributed by atoms with Crippen LogP contribution < -0.4 is 11.5 Å². The maximum atomic E-state index is 11.8. The van der Waals surface area contributed by atoms with Crippen LogP contribution in [0.5, 0.6) is 0 Å². The van der Waals surface area contributed by atoms with Crippen LogP contribution in [-0.2, 0) is 4.79 Å². The van der Waals surface area contributed by atoms with Gasteiger partial charge in [0.1, 0.15) is 5.66 Å². The van der Waals surface area contributed by atoms with Crippen LogP contribution in [0.25, 0.3) is 0 Å². The van der Waals surface area contributed by atoms with Crippen molar-refractivity contribution >= 4 is 5.78 Å². The molecule has 3 heteroatoms. The largest absolute Gasteiger partial charge is 0.307 e. The Bertz CT molecular complexity index is 227. The van der Waals surface area contributed by atoms with Gasteiger partial charge in [0.25, 0.3) is 0 Å². The summed E-state index contributed by atoms with van der Waals surface area (Å²) in [6, 6.07) is 0. The number of carbonyl (C=O) groups excluding carboxylic acids is 1. The summed E-state index contributed by atoms with van der Waals surface area (Å²) in [5.41, 5.74) is 10.5. The Hall–Kier alpha value is -0.410. The molecular weight excluding hydrogens is 236 g/mol. The molecule has 0 aromatic rings. The van der Waals surface area contributed by atoms with E-state index >= 15 is 0 Å². The molecule has 0 aliphatic heterocycles. The first kappa shape index (κ1) is 18.6. The first-order valence-corrected chi connectivity index (χ1v) is 8.15. The monoisotopic (exact) mass is 270 g/mol. The molecule has 0 amide bonds. The molecule has 0 unspecified atom stereocenters. The lowest BCUT2D eigenvalue weighted by atomic mass is 9.96. The predicted molar refractivity (Wildman–Crippen MR) is 82.9 cm³/mol. The van der Waals surface area contributed by atoms with Gasteiger partial charge in [0, 0.05) is 6.42 Å². The van der Waals surface area contributed by atoms with E-state index in [1.54, 1.807) is 0 Å². The second-order valence-corrected chi connectivity index (χ2v) is 5.79. The first-order valence-electron chi connectivity index (χ1n) is 8.15. The van der Waals surface area contributed by atoms with Crippen LogP contribution in [0.1, 0.15) is 90.9 Å². The Morgan fingerprint density at radius 3 is 1.74 bits per heavy atom. The third-order valence-corrected chi connectivity index (χ3v) is 3.69. The zero-order valence-corrected chi connectivity index (χ0v) is 13.0. The van der Waals surface area contributed by atoms with E-state index in [4.69, 9.17) is 11.5 Å². The molecule has 0 atom stereocenters. The highest BCUT2D eigenvalue weighted by Crippen LogP contribution is 2.13. The standard InChI is InChI=1S/C16H34N2O/c1-3-5-6-7-8-9-10-11-12-13-15(19)16(17,18)14-4-2/h3-14,17-18H2,1-2H3. The molecule has 0 spiro atoms. The minimum absolute atomic E-state index is 0.0253. The Balaban J connectivity index is 3.41. The van der Waals surface area contributed by atoms with Crippen molar-refractivity contribution in [3.05, 3.63) is 0 Å². The molecule has 0 heterocycles. The number of hydrogen-bond acceptors (Lipinski definition) is 3. The SMILES string of the molecule is CCCCCCCCCCCC(=O)C(N)(N)CCC. The molecule has 0 aliphatic rings. The quantitative estimate of drug-likeness (QED) is 0.394. The maximum Gasteiger partial charge on any atom is 0.166 e. The Morgan fingerprint density at radius 2 is 1.26 bits per heavy atom. The molecule has 0 aromatic heterocycles. The lowest BCUT2D eigenvalue weighted by molar-refractivity contribution is -0.124. The molecule has 0 fully saturated rings. The molecule has 0 bridgehead atoms. The second kappa shape index (κ2) is 11.4. The van der Waals surface area contributed by atoms with Gasteiger partial charge in [0.2, 0.25) is 0 Å². The van der Waals surface area contributed by atoms with E-state index in [9.17, 15) is 4.79 Å². The topological polar surface area (TPSA) is 69.1 Å². The molecule has 0 radical (unpaired) electrons. The summed E-state index contributed by atoms with van der Waals surface area (Å²) < 4.78 is 0. The van der Waals surface area contributed by atoms with Crippen molar-refractivity contribution in [1.82, 2.24) is 0 Å². The van der Waals surface area contributed by atoms with Crippen LogP contribution >= 0.6 is 0 Å². The normalized spacial score (nSPS) is 11.8. The Labute approximate surface area is 119 Å². The number of carbonyl (C=O) groups is 1. The van der Waals surface area contributed by atoms with Crippen molar-refractivity contribution in [1.29, 1.82) is 0 Å². The van der Waals surface area contributed by atoms with Crippen molar-refractivity contribution in [3.63, 3.8) is 0 Å². The summed E-state index contributed by atoms with van der Waals surface area (Å²) in [6.07, 6.45) is 13.3. The highest BCUT2D eigenvalue weighted by Gasteiger charge is 2.26. The van der Waals surface area contributed by atoms with Gasteiger partial charge in [-0.3, -0.25) is 4.79 Å². The number of unbranched alkanes of at least 4 members (excludes halogenated alkanes) is 8. The summed E-state index contributed by atoms with van der Waals surface area (Å²) in [4.78, 5) is 11.8. The van der Waals surface area contributed by atoms with Gasteiger partial charge in [-0.05, 0) is 12.8 Å². The summed E-state index contributed by atoms with van der Waals surface area (Å²) in [5.74, 6) is 0.0253. The minimum Gasteiger partial charge on any atom is -0.307 e.